The summed E-state index contributed by atoms with van der Waals surface area (Å²) in [5.74, 6) is 0. The minimum Gasteiger partial charge on any atom is -0.393 e. The van der Waals surface area contributed by atoms with Crippen molar-refractivity contribution in [2.24, 2.45) is 0 Å². The van der Waals surface area contributed by atoms with Gasteiger partial charge >= 0.3 is 0 Å². The molecule has 0 saturated heterocycles. The van der Waals surface area contributed by atoms with E-state index in [-0.39, 0.29) is 6.10 Å². The highest BCUT2D eigenvalue weighted by atomic mass is 16.3. The zero-order valence-electron chi connectivity index (χ0n) is 10.1. The average molecular weight is 222 g/mol. The van der Waals surface area contributed by atoms with E-state index in [1.807, 2.05) is 6.92 Å². The lowest BCUT2D eigenvalue weighted by molar-refractivity contribution is 0.181. The maximum absolute atomic E-state index is 9.18. The second-order valence-electron chi connectivity index (χ2n) is 4.97. The first-order valence-electron chi connectivity index (χ1n) is 6.48. The number of aromatic nitrogens is 2. The van der Waals surface area contributed by atoms with Crippen LogP contribution in [0, 0.1) is 0 Å². The molecule has 0 aromatic carbocycles. The van der Waals surface area contributed by atoms with Gasteiger partial charge in [0.15, 0.2) is 0 Å². The van der Waals surface area contributed by atoms with Crippen LogP contribution in [-0.2, 0) is 6.42 Å². The summed E-state index contributed by atoms with van der Waals surface area (Å²) in [5.41, 5.74) is 1.17. The fraction of sp³-hybridized carbons (Fsp3) is 0.769. The Bertz CT molecular complexity index is 313. The van der Waals surface area contributed by atoms with Crippen molar-refractivity contribution in [2.45, 2.75) is 64.0 Å². The number of aliphatic hydroxyl groups excluding tert-OH is 1. The Morgan fingerprint density at radius 2 is 2.25 bits per heavy atom. The second-order valence-corrected chi connectivity index (χ2v) is 4.97. The fourth-order valence-electron chi connectivity index (χ4n) is 2.46. The molecule has 1 fully saturated rings. The van der Waals surface area contributed by atoms with Crippen LogP contribution in [0.25, 0.3) is 0 Å². The van der Waals surface area contributed by atoms with Gasteiger partial charge in [0.25, 0.3) is 0 Å². The molecule has 0 spiro atoms. The van der Waals surface area contributed by atoms with Gasteiger partial charge in [0, 0.05) is 6.20 Å². The van der Waals surface area contributed by atoms with Gasteiger partial charge in [-0.05, 0) is 45.1 Å². The summed E-state index contributed by atoms with van der Waals surface area (Å²) in [4.78, 5) is 0. The number of aryl methyl sites for hydroxylation is 1. The first-order chi connectivity index (χ1) is 7.75. The van der Waals surface area contributed by atoms with Crippen LogP contribution < -0.4 is 0 Å². The van der Waals surface area contributed by atoms with E-state index in [0.717, 1.165) is 19.3 Å². The van der Waals surface area contributed by atoms with Gasteiger partial charge in [-0.25, -0.2) is 0 Å². The lowest BCUT2D eigenvalue weighted by Crippen LogP contribution is -2.06. The van der Waals surface area contributed by atoms with E-state index in [4.69, 9.17) is 0 Å². The Balaban J connectivity index is 1.82. The predicted octanol–water partition coefficient (Wildman–Crippen LogP) is 2.70. The Hall–Kier alpha value is -0.830. The third-order valence-electron chi connectivity index (χ3n) is 3.42. The third-order valence-corrected chi connectivity index (χ3v) is 3.42. The summed E-state index contributed by atoms with van der Waals surface area (Å²) in [6.45, 7) is 1.84. The van der Waals surface area contributed by atoms with E-state index in [9.17, 15) is 5.11 Å². The van der Waals surface area contributed by atoms with E-state index in [1.165, 1.54) is 31.4 Å². The lowest BCUT2D eigenvalue weighted by atomic mass is 10.1. The van der Waals surface area contributed by atoms with Gasteiger partial charge in [0.05, 0.1) is 17.8 Å². The second kappa shape index (κ2) is 5.48. The van der Waals surface area contributed by atoms with Gasteiger partial charge in [-0.3, -0.25) is 4.68 Å². The molecule has 90 valence electrons. The number of hydrogen-bond acceptors (Lipinski definition) is 2. The van der Waals surface area contributed by atoms with Crippen molar-refractivity contribution >= 4 is 0 Å². The van der Waals surface area contributed by atoms with E-state index in [0.29, 0.717) is 6.04 Å². The van der Waals surface area contributed by atoms with Crippen molar-refractivity contribution in [2.75, 3.05) is 0 Å². The number of aliphatic hydroxyl groups is 1. The van der Waals surface area contributed by atoms with Crippen molar-refractivity contribution < 1.29 is 5.11 Å². The summed E-state index contributed by atoms with van der Waals surface area (Å²) in [6.07, 6.45) is 10.1. The molecule has 1 aromatic rings. The highest BCUT2D eigenvalue weighted by Crippen LogP contribution is 2.28. The Kier molecular flexibility index (Phi) is 3.99. The molecule has 2 rings (SSSR count). The largest absolute Gasteiger partial charge is 0.393 e. The Morgan fingerprint density at radius 1 is 1.50 bits per heavy atom. The number of hydrogen-bond donors (Lipinski definition) is 1. The van der Waals surface area contributed by atoms with Crippen molar-refractivity contribution in [1.29, 1.82) is 0 Å². The van der Waals surface area contributed by atoms with Crippen LogP contribution in [-0.4, -0.2) is 21.0 Å². The number of rotatable bonds is 5. The smallest absolute Gasteiger partial charge is 0.0624 e. The monoisotopic (exact) mass is 222 g/mol. The molecule has 3 nitrogen and oxygen atoms in total. The van der Waals surface area contributed by atoms with Gasteiger partial charge in [-0.2, -0.15) is 5.10 Å². The topological polar surface area (TPSA) is 38.0 Å². The maximum atomic E-state index is 9.18. The molecule has 16 heavy (non-hydrogen) atoms. The average Bonchev–Trinajstić information content (AvgIpc) is 2.85. The summed E-state index contributed by atoms with van der Waals surface area (Å²) in [5, 5.41) is 13.8. The van der Waals surface area contributed by atoms with Gasteiger partial charge < -0.3 is 5.11 Å². The molecular formula is C13H22N2O. The van der Waals surface area contributed by atoms with E-state index in [2.05, 4.69) is 22.0 Å². The zero-order valence-corrected chi connectivity index (χ0v) is 10.1. The van der Waals surface area contributed by atoms with Gasteiger partial charge in [-0.1, -0.05) is 12.8 Å². The van der Waals surface area contributed by atoms with E-state index < -0.39 is 0 Å². The minimum atomic E-state index is -0.183. The van der Waals surface area contributed by atoms with Crippen LogP contribution in [0.5, 0.6) is 0 Å². The van der Waals surface area contributed by atoms with Crippen LogP contribution in [0.4, 0.5) is 0 Å². The summed E-state index contributed by atoms with van der Waals surface area (Å²) >= 11 is 0. The van der Waals surface area contributed by atoms with Crippen molar-refractivity contribution in [3.63, 3.8) is 0 Å². The van der Waals surface area contributed by atoms with Crippen LogP contribution in [0.15, 0.2) is 12.3 Å². The fourth-order valence-corrected chi connectivity index (χ4v) is 2.46. The Morgan fingerprint density at radius 3 is 2.94 bits per heavy atom. The molecule has 1 atom stereocenters. The van der Waals surface area contributed by atoms with Crippen molar-refractivity contribution in [1.82, 2.24) is 9.78 Å². The zero-order chi connectivity index (χ0) is 11.4. The first kappa shape index (κ1) is 11.6. The maximum Gasteiger partial charge on any atom is 0.0624 e. The molecule has 1 unspecified atom stereocenters. The highest BCUT2D eigenvalue weighted by Gasteiger charge is 2.17. The third kappa shape index (κ3) is 3.08. The number of nitrogens with zero attached hydrogens (tertiary/aromatic N) is 2. The van der Waals surface area contributed by atoms with Crippen LogP contribution in [0.3, 0.4) is 0 Å². The molecule has 1 aliphatic carbocycles. The minimum absolute atomic E-state index is 0.183. The molecule has 1 saturated carbocycles. The summed E-state index contributed by atoms with van der Waals surface area (Å²) < 4.78 is 2.14. The molecule has 1 aliphatic rings. The molecule has 0 aliphatic heterocycles. The van der Waals surface area contributed by atoms with Gasteiger partial charge in [0.2, 0.25) is 0 Å². The SMILES string of the molecule is CC(O)CCCc1ccn(C2CCCC2)n1. The Labute approximate surface area is 97.5 Å². The predicted molar refractivity (Wildman–Crippen MR) is 64.4 cm³/mol. The van der Waals surface area contributed by atoms with Crippen molar-refractivity contribution in [3.8, 4) is 0 Å². The van der Waals surface area contributed by atoms with E-state index in [1.54, 1.807) is 0 Å². The molecule has 1 heterocycles. The van der Waals surface area contributed by atoms with Crippen molar-refractivity contribution in [3.05, 3.63) is 18.0 Å². The molecule has 3 heteroatoms. The standard InChI is InChI=1S/C13H22N2O/c1-11(16)5-4-6-12-9-10-15(14-12)13-7-2-3-8-13/h9-11,13,16H,2-8H2,1H3. The normalized spacial score (nSPS) is 19.1. The van der Waals surface area contributed by atoms with Crippen LogP contribution >= 0.6 is 0 Å². The van der Waals surface area contributed by atoms with E-state index >= 15 is 0 Å². The lowest BCUT2D eigenvalue weighted by Gasteiger charge is -2.08. The van der Waals surface area contributed by atoms with Crippen LogP contribution in [0.2, 0.25) is 0 Å². The van der Waals surface area contributed by atoms with Gasteiger partial charge in [0.1, 0.15) is 0 Å². The molecule has 1 N–H and O–H groups in total. The highest BCUT2D eigenvalue weighted by molar-refractivity contribution is 5.00. The molecular weight excluding hydrogens is 200 g/mol. The summed E-state index contributed by atoms with van der Waals surface area (Å²) in [7, 11) is 0. The quantitative estimate of drug-likeness (QED) is 0.831. The summed E-state index contributed by atoms with van der Waals surface area (Å²) in [6, 6.07) is 2.77. The van der Waals surface area contributed by atoms with Gasteiger partial charge in [-0.15, -0.1) is 0 Å². The molecule has 0 bridgehead atoms. The molecule has 0 amide bonds. The first-order valence-corrected chi connectivity index (χ1v) is 6.48. The molecule has 0 radical (unpaired) electrons. The molecule has 1 aromatic heterocycles. The van der Waals surface area contributed by atoms with Crippen LogP contribution in [0.1, 0.15) is 57.2 Å².